The van der Waals surface area contributed by atoms with Gasteiger partial charge in [0.2, 0.25) is 0 Å². The fourth-order valence-electron chi connectivity index (χ4n) is 1.59. The van der Waals surface area contributed by atoms with Gasteiger partial charge in [-0.3, -0.25) is 0 Å². The topological polar surface area (TPSA) is 42.1 Å². The number of aromatic nitrogens is 1. The molecule has 88 valence electrons. The second-order valence-electron chi connectivity index (χ2n) is 3.73. The highest BCUT2D eigenvalue weighted by Crippen LogP contribution is 2.24. The van der Waals surface area contributed by atoms with Crippen LogP contribution in [0.15, 0.2) is 42.6 Å². The zero-order chi connectivity index (χ0) is 12.3. The van der Waals surface area contributed by atoms with Crippen LogP contribution in [0.4, 0.5) is 11.5 Å². The third-order valence-corrected chi connectivity index (χ3v) is 2.97. The van der Waals surface area contributed by atoms with Crippen molar-refractivity contribution in [2.75, 3.05) is 11.9 Å². The smallest absolute Gasteiger partial charge is 0.133 e. The van der Waals surface area contributed by atoms with Gasteiger partial charge in [0.1, 0.15) is 5.82 Å². The maximum atomic E-state index is 5.99. The number of anilines is 2. The number of hydrogen-bond acceptors (Lipinski definition) is 3. The molecular formula is C13H14ClN3. The minimum Gasteiger partial charge on any atom is -0.329 e. The summed E-state index contributed by atoms with van der Waals surface area (Å²) in [5, 5.41) is 0.609. The first kappa shape index (κ1) is 11.9. The Morgan fingerprint density at radius 1 is 1.29 bits per heavy atom. The highest BCUT2D eigenvalue weighted by atomic mass is 35.5. The first-order valence-corrected chi connectivity index (χ1v) is 5.73. The molecule has 1 aromatic heterocycles. The lowest BCUT2D eigenvalue weighted by atomic mass is 10.2. The Bertz CT molecular complexity index is 499. The zero-order valence-corrected chi connectivity index (χ0v) is 10.4. The van der Waals surface area contributed by atoms with Crippen LogP contribution < -0.4 is 10.6 Å². The SMILES string of the molecule is CN(c1ccccc1)c1cc(CN)c(Cl)cn1. The predicted octanol–water partition coefficient (Wildman–Crippen LogP) is 2.96. The summed E-state index contributed by atoms with van der Waals surface area (Å²) in [4.78, 5) is 6.30. The molecule has 0 aliphatic rings. The Balaban J connectivity index is 2.34. The van der Waals surface area contributed by atoms with Crippen LogP contribution >= 0.6 is 11.6 Å². The van der Waals surface area contributed by atoms with E-state index in [4.69, 9.17) is 17.3 Å². The van der Waals surface area contributed by atoms with Crippen molar-refractivity contribution in [1.82, 2.24) is 4.98 Å². The fraction of sp³-hybridized carbons (Fsp3) is 0.154. The van der Waals surface area contributed by atoms with Crippen LogP contribution in [0.5, 0.6) is 0 Å². The van der Waals surface area contributed by atoms with Gasteiger partial charge in [-0.2, -0.15) is 0 Å². The summed E-state index contributed by atoms with van der Waals surface area (Å²) in [5.41, 5.74) is 7.60. The molecule has 17 heavy (non-hydrogen) atoms. The first-order chi connectivity index (χ1) is 8.22. The minimum atomic E-state index is 0.414. The zero-order valence-electron chi connectivity index (χ0n) is 9.60. The van der Waals surface area contributed by atoms with E-state index in [0.29, 0.717) is 11.6 Å². The largest absolute Gasteiger partial charge is 0.329 e. The average Bonchev–Trinajstić information content (AvgIpc) is 2.39. The van der Waals surface area contributed by atoms with Crippen molar-refractivity contribution in [1.29, 1.82) is 0 Å². The van der Waals surface area contributed by atoms with Crippen molar-refractivity contribution in [3.05, 3.63) is 53.2 Å². The van der Waals surface area contributed by atoms with Gasteiger partial charge < -0.3 is 10.6 Å². The van der Waals surface area contributed by atoms with Crippen LogP contribution in [0.3, 0.4) is 0 Å². The highest BCUT2D eigenvalue weighted by Gasteiger charge is 2.07. The number of benzene rings is 1. The van der Waals surface area contributed by atoms with Gasteiger partial charge in [0.05, 0.1) is 5.02 Å². The van der Waals surface area contributed by atoms with Gasteiger partial charge in [0, 0.05) is 25.5 Å². The van der Waals surface area contributed by atoms with E-state index in [0.717, 1.165) is 17.1 Å². The number of nitrogens with zero attached hydrogens (tertiary/aromatic N) is 2. The van der Waals surface area contributed by atoms with E-state index in [9.17, 15) is 0 Å². The van der Waals surface area contributed by atoms with Crippen molar-refractivity contribution in [3.8, 4) is 0 Å². The second-order valence-corrected chi connectivity index (χ2v) is 4.14. The average molecular weight is 248 g/mol. The Labute approximate surface area is 106 Å². The molecular weight excluding hydrogens is 234 g/mol. The molecule has 0 amide bonds. The third kappa shape index (κ3) is 2.57. The van der Waals surface area contributed by atoms with Crippen LogP contribution in [0, 0.1) is 0 Å². The molecule has 2 aromatic rings. The van der Waals surface area contributed by atoms with Crippen LogP contribution in [-0.2, 0) is 6.54 Å². The first-order valence-electron chi connectivity index (χ1n) is 5.35. The lowest BCUT2D eigenvalue weighted by molar-refractivity contribution is 1.04. The molecule has 2 N–H and O–H groups in total. The van der Waals surface area contributed by atoms with E-state index in [2.05, 4.69) is 4.98 Å². The molecule has 0 saturated carbocycles. The van der Waals surface area contributed by atoms with Crippen molar-refractivity contribution in [2.24, 2.45) is 5.73 Å². The van der Waals surface area contributed by atoms with Crippen molar-refractivity contribution in [3.63, 3.8) is 0 Å². The molecule has 0 saturated heterocycles. The fourth-order valence-corrected chi connectivity index (χ4v) is 1.77. The molecule has 0 aliphatic heterocycles. The van der Waals surface area contributed by atoms with Crippen molar-refractivity contribution in [2.45, 2.75) is 6.54 Å². The van der Waals surface area contributed by atoms with Gasteiger partial charge in [0.25, 0.3) is 0 Å². The van der Waals surface area contributed by atoms with Crippen LogP contribution in [0.1, 0.15) is 5.56 Å². The second kappa shape index (κ2) is 5.17. The number of para-hydroxylation sites is 1. The number of hydrogen-bond donors (Lipinski definition) is 1. The van der Waals surface area contributed by atoms with Crippen LogP contribution in [0.2, 0.25) is 5.02 Å². The van der Waals surface area contributed by atoms with Gasteiger partial charge in [-0.1, -0.05) is 29.8 Å². The summed E-state index contributed by atoms with van der Waals surface area (Å²) in [6.07, 6.45) is 1.64. The van der Waals surface area contributed by atoms with Crippen molar-refractivity contribution >= 4 is 23.1 Å². The number of pyridine rings is 1. The van der Waals surface area contributed by atoms with Gasteiger partial charge in [-0.05, 0) is 23.8 Å². The number of nitrogens with two attached hydrogens (primary N) is 1. The summed E-state index contributed by atoms with van der Waals surface area (Å²) in [7, 11) is 1.96. The standard InChI is InChI=1S/C13H14ClN3/c1-17(11-5-3-2-4-6-11)13-7-10(8-15)12(14)9-16-13/h2-7,9H,8,15H2,1H3. The summed E-state index contributed by atoms with van der Waals surface area (Å²) < 4.78 is 0. The maximum absolute atomic E-state index is 5.99. The molecule has 1 heterocycles. The van der Waals surface area contributed by atoms with Gasteiger partial charge in [-0.25, -0.2) is 4.98 Å². The molecule has 3 nitrogen and oxygen atoms in total. The molecule has 0 bridgehead atoms. The van der Waals surface area contributed by atoms with E-state index in [1.807, 2.05) is 48.3 Å². The van der Waals surface area contributed by atoms with E-state index in [-0.39, 0.29) is 0 Å². The monoisotopic (exact) mass is 247 g/mol. The Morgan fingerprint density at radius 2 is 2.00 bits per heavy atom. The Hall–Kier alpha value is -1.58. The van der Waals surface area contributed by atoms with E-state index >= 15 is 0 Å². The summed E-state index contributed by atoms with van der Waals surface area (Å²) >= 11 is 5.99. The van der Waals surface area contributed by atoms with E-state index < -0.39 is 0 Å². The Morgan fingerprint density at radius 3 is 2.65 bits per heavy atom. The highest BCUT2D eigenvalue weighted by molar-refractivity contribution is 6.31. The normalized spacial score (nSPS) is 10.3. The minimum absolute atomic E-state index is 0.414. The molecule has 2 rings (SSSR count). The number of rotatable bonds is 3. The van der Waals surface area contributed by atoms with Crippen LogP contribution in [-0.4, -0.2) is 12.0 Å². The van der Waals surface area contributed by atoms with Gasteiger partial charge in [-0.15, -0.1) is 0 Å². The predicted molar refractivity (Wildman–Crippen MR) is 71.6 cm³/mol. The lowest BCUT2D eigenvalue weighted by Crippen LogP contribution is -2.12. The molecule has 0 unspecified atom stereocenters. The maximum Gasteiger partial charge on any atom is 0.133 e. The molecule has 0 fully saturated rings. The van der Waals surface area contributed by atoms with Gasteiger partial charge >= 0.3 is 0 Å². The molecule has 4 heteroatoms. The quantitative estimate of drug-likeness (QED) is 0.907. The lowest BCUT2D eigenvalue weighted by Gasteiger charge is -2.19. The van der Waals surface area contributed by atoms with E-state index in [1.165, 1.54) is 0 Å². The summed E-state index contributed by atoms with van der Waals surface area (Å²) in [5.74, 6) is 0.834. The van der Waals surface area contributed by atoms with E-state index in [1.54, 1.807) is 6.20 Å². The molecule has 0 atom stereocenters. The molecule has 0 aliphatic carbocycles. The summed E-state index contributed by atoms with van der Waals surface area (Å²) in [6, 6.07) is 11.9. The van der Waals surface area contributed by atoms with Crippen molar-refractivity contribution < 1.29 is 0 Å². The van der Waals surface area contributed by atoms with Crippen LogP contribution in [0.25, 0.3) is 0 Å². The van der Waals surface area contributed by atoms with Gasteiger partial charge in [0.15, 0.2) is 0 Å². The summed E-state index contributed by atoms with van der Waals surface area (Å²) in [6.45, 7) is 0.414. The molecule has 1 aromatic carbocycles. The molecule has 0 radical (unpaired) electrons. The Kier molecular flexibility index (Phi) is 3.61. The number of halogens is 1. The molecule has 0 spiro atoms. The third-order valence-electron chi connectivity index (χ3n) is 2.63.